The van der Waals surface area contributed by atoms with Gasteiger partial charge in [0.05, 0.1) is 66.0 Å². The summed E-state index contributed by atoms with van der Waals surface area (Å²) >= 11 is 20.7. The van der Waals surface area contributed by atoms with E-state index in [0.717, 1.165) is 116 Å². The zero-order valence-electron chi connectivity index (χ0n) is 71.3. The summed E-state index contributed by atoms with van der Waals surface area (Å²) in [6.45, 7) is 14.3. The van der Waals surface area contributed by atoms with Gasteiger partial charge in [0.2, 0.25) is 63.1 Å². The largest absolute Gasteiger partial charge is 0.453 e. The van der Waals surface area contributed by atoms with Crippen LogP contribution in [0, 0.1) is 71.0 Å². The second-order valence-electron chi connectivity index (χ2n) is 37.5. The van der Waals surface area contributed by atoms with Crippen molar-refractivity contribution in [2.45, 2.75) is 313 Å². The monoisotopic (exact) mass is 1840 g/mol. The fourth-order valence-electron chi connectivity index (χ4n) is 23.9. The van der Waals surface area contributed by atoms with Gasteiger partial charge in [-0.2, -0.15) is 0 Å². The third-order valence-electron chi connectivity index (χ3n) is 31.5. The molecule has 18 rings (SSSR count). The van der Waals surface area contributed by atoms with Gasteiger partial charge < -0.3 is 85.9 Å². The van der Waals surface area contributed by atoms with Crippen LogP contribution in [0.1, 0.15) is 216 Å². The summed E-state index contributed by atoms with van der Waals surface area (Å²) in [5.41, 5.74) is -12.9. The highest BCUT2D eigenvalue weighted by Gasteiger charge is 2.85. The Morgan fingerprint density at radius 3 is 0.984 bits per heavy atom. The van der Waals surface area contributed by atoms with Crippen LogP contribution in [0.25, 0.3) is 0 Å². The number of nitrogens with one attached hydrogen (secondary N) is 6. The van der Waals surface area contributed by atoms with Gasteiger partial charge in [0.1, 0.15) is 0 Å². The van der Waals surface area contributed by atoms with E-state index >= 15 is 0 Å². The van der Waals surface area contributed by atoms with Crippen molar-refractivity contribution in [2.75, 3.05) is 23.0 Å². The van der Waals surface area contributed by atoms with Crippen molar-refractivity contribution >= 4 is 122 Å². The molecule has 6 amide bonds. The Labute approximate surface area is 741 Å². The lowest BCUT2D eigenvalue weighted by Crippen LogP contribution is -2.80. The molecular formula is C90H122BrCl3N6O23. The fourth-order valence-corrected chi connectivity index (χ4v) is 25.0. The molecule has 0 radical (unpaired) electrons. The van der Waals surface area contributed by atoms with Gasteiger partial charge >= 0.3 is 35.8 Å². The number of amides is 6. The first-order chi connectivity index (χ1) is 58.4. The van der Waals surface area contributed by atoms with E-state index in [9.17, 15) is 83.1 Å². The first kappa shape index (κ1) is 93.9. The zero-order valence-corrected chi connectivity index (χ0v) is 75.2. The summed E-state index contributed by atoms with van der Waals surface area (Å²) in [5, 5.41) is 71.3. The second kappa shape index (κ2) is 35.7. The predicted octanol–water partition coefficient (Wildman–Crippen LogP) is 7.54. The lowest BCUT2D eigenvalue weighted by atomic mass is 9.62. The lowest BCUT2D eigenvalue weighted by molar-refractivity contribution is -0.244. The lowest BCUT2D eigenvalue weighted by Gasteiger charge is -2.56. The maximum atomic E-state index is 12.4. The smallest absolute Gasteiger partial charge is 0.339 e. The summed E-state index contributed by atoms with van der Waals surface area (Å²) in [5.74, 6) is -5.93. The number of hydrogen-bond acceptors (Lipinski definition) is 23. The molecule has 18 aliphatic rings. The number of esters is 6. The number of fused-ring (bicyclic) bond motifs is 6. The molecule has 0 bridgehead atoms. The third-order valence-corrected chi connectivity index (χ3v) is 32.6. The molecule has 0 aromatic heterocycles. The molecule has 29 unspecified atom stereocenters. The third kappa shape index (κ3) is 14.1. The summed E-state index contributed by atoms with van der Waals surface area (Å²) in [4.78, 5) is 146. The Bertz CT molecular complexity index is 4270. The molecule has 0 saturated carbocycles. The van der Waals surface area contributed by atoms with Crippen LogP contribution in [0.5, 0.6) is 0 Å². The van der Waals surface area contributed by atoms with E-state index in [1.54, 1.807) is 34.6 Å². The standard InChI is InChI=1S/C16H22ClNO4.C15H20BrNO4.C15H20ClNO4.C15H20ClNO3.C15H21NO4.C14H19NO4/c1-2-15-11(8-9-17)13(20)18-16(15,14(21)22-15)12(19)10-6-4-3-5-7-10;2*1-14-10(7-8-16)12(19)17-15(14,13(20)21-14)11(18)9-5-3-2-4-6-9;1-14-11(7-8-16)12(18)17-15(14,13(19)20-14)9-10-5-3-2-4-6-10;1-3-10-12(18)16-15(13(19)20-14(10,15)2)11(17)9-7-5-4-6-8-9;1-8-11(17)15-14(12(18)19-13(8,14)2)10(16)9-6-4-3-5-7-9/h4,6,10-12,19H,2-3,5,7-9H2,1H3,(H,18,20);2*3,5,9-11,18H,2,4,6-8H2,1H3,(H,17,19);3,5,10-11H,2,4,6-9H2,1H3,(H,17,18);5,7,9-11,17H,3-4,6,8H2,1-2H3,(H,16,18);4,6,8-10,16H,3,5,7H2,1-2H3,(H,15,17). The van der Waals surface area contributed by atoms with Gasteiger partial charge in [-0.1, -0.05) is 103 Å². The van der Waals surface area contributed by atoms with E-state index in [1.807, 2.05) is 81.5 Å². The summed E-state index contributed by atoms with van der Waals surface area (Å²) in [6, 6.07) is 0. The Morgan fingerprint density at radius 2 is 0.659 bits per heavy atom. The van der Waals surface area contributed by atoms with E-state index in [4.69, 9.17) is 63.2 Å². The van der Waals surface area contributed by atoms with Crippen molar-refractivity contribution in [3.05, 3.63) is 72.9 Å². The highest BCUT2D eigenvalue weighted by molar-refractivity contribution is 9.09. The molecule has 0 spiro atoms. The summed E-state index contributed by atoms with van der Waals surface area (Å²) < 4.78 is 32.2. The van der Waals surface area contributed by atoms with Crippen LogP contribution in [0.3, 0.4) is 0 Å². The number of allylic oxidation sites excluding steroid dienone is 7. The number of rotatable bonds is 22. The van der Waals surface area contributed by atoms with Gasteiger partial charge in [0, 0.05) is 52.6 Å². The van der Waals surface area contributed by atoms with Crippen LogP contribution >= 0.6 is 50.7 Å². The predicted molar refractivity (Wildman–Crippen MR) is 452 cm³/mol. The SMILES string of the molecule is CC12OC(=O)C1(C(O)C1C=CCCC1)NC(=O)C2CCBr.CC12OC(=O)C1(C(O)C1C=CCCC1)NC(=O)C2CCCl.CC12OC(=O)C1(CC1C=CCCC1)NC(=O)C2CCCl.CC1C(=O)NC2(C(O)C3C=CCCC3)C(=O)OC12C.CCC12OC(=O)C1(C(O)C1C=CCCC1)NC(=O)C2CCCl.CCC1C(=O)NC2(C(O)C3C=CCCC3)C(=O)OC12C. The van der Waals surface area contributed by atoms with Gasteiger partial charge in [0.25, 0.3) is 0 Å². The van der Waals surface area contributed by atoms with Crippen LogP contribution < -0.4 is 31.9 Å². The van der Waals surface area contributed by atoms with E-state index in [-0.39, 0.29) is 82.8 Å². The van der Waals surface area contributed by atoms with E-state index in [0.29, 0.717) is 73.8 Å². The first-order valence-electron chi connectivity index (χ1n) is 44.4. The van der Waals surface area contributed by atoms with Gasteiger partial charge in [-0.3, -0.25) is 28.8 Å². The molecule has 123 heavy (non-hydrogen) atoms. The number of ether oxygens (including phenoxy) is 6. The van der Waals surface area contributed by atoms with Crippen LogP contribution in [0.2, 0.25) is 0 Å². The number of aliphatic hydroxyl groups is 5. The zero-order chi connectivity index (χ0) is 89.2. The molecule has 12 heterocycles. The average Bonchev–Trinajstić information content (AvgIpc) is 1.57. The van der Waals surface area contributed by atoms with E-state index in [1.165, 1.54) is 0 Å². The quantitative estimate of drug-likeness (QED) is 0.0216. The van der Waals surface area contributed by atoms with Gasteiger partial charge in [-0.05, 0) is 208 Å². The normalized spacial score (nSPS) is 43.3. The molecule has 12 fully saturated rings. The Hall–Kier alpha value is -6.77. The van der Waals surface area contributed by atoms with Crippen molar-refractivity contribution < 1.29 is 111 Å². The number of hydrogen-bond donors (Lipinski definition) is 11. The second-order valence-corrected chi connectivity index (χ2v) is 39.4. The number of carbonyl (C=O) groups excluding carboxylic acids is 12. The highest BCUT2D eigenvalue weighted by Crippen LogP contribution is 2.60. The molecule has 29 atom stereocenters. The molecule has 678 valence electrons. The minimum atomic E-state index is -1.33. The first-order valence-corrected chi connectivity index (χ1v) is 47.1. The maximum Gasteiger partial charge on any atom is 0.339 e. The molecule has 0 aromatic rings. The van der Waals surface area contributed by atoms with Crippen molar-refractivity contribution in [3.8, 4) is 0 Å². The molecule has 12 saturated heterocycles. The van der Waals surface area contributed by atoms with Crippen LogP contribution in [-0.2, 0) is 86.0 Å². The van der Waals surface area contributed by atoms with E-state index < -0.39 is 151 Å². The van der Waals surface area contributed by atoms with Crippen LogP contribution in [0.4, 0.5) is 0 Å². The molecule has 11 N–H and O–H groups in total. The molecular weight excluding hydrogens is 1720 g/mol. The Kier molecular flexibility index (Phi) is 27.2. The van der Waals surface area contributed by atoms with Crippen molar-refractivity contribution in [1.29, 1.82) is 0 Å². The minimum absolute atomic E-state index is 0.0983. The van der Waals surface area contributed by atoms with Crippen molar-refractivity contribution in [3.63, 3.8) is 0 Å². The minimum Gasteiger partial charge on any atom is -0.453 e. The maximum absolute atomic E-state index is 12.4. The van der Waals surface area contributed by atoms with Crippen LogP contribution in [0.15, 0.2) is 72.9 Å². The van der Waals surface area contributed by atoms with Gasteiger partial charge in [-0.15, -0.1) is 34.8 Å². The summed E-state index contributed by atoms with van der Waals surface area (Å²) in [7, 11) is 0. The topological polar surface area (TPSA) is 434 Å². The van der Waals surface area contributed by atoms with Gasteiger partial charge in [0.15, 0.2) is 39.1 Å². The number of halogens is 4. The summed E-state index contributed by atoms with van der Waals surface area (Å²) in [6.07, 6.45) is 40.5. The molecule has 12 aliphatic heterocycles. The number of carbonyl (C=O) groups is 12. The molecule has 0 aromatic carbocycles. The number of aliphatic hydroxyl groups excluding tert-OH is 5. The van der Waals surface area contributed by atoms with Gasteiger partial charge in [-0.25, -0.2) is 28.8 Å². The van der Waals surface area contributed by atoms with Crippen molar-refractivity contribution in [1.82, 2.24) is 31.9 Å². The molecule has 6 aliphatic carbocycles. The molecule has 29 nitrogen and oxygen atoms in total. The average molecular weight is 1840 g/mol. The molecule has 33 heteroatoms. The Morgan fingerprint density at radius 1 is 0.366 bits per heavy atom. The van der Waals surface area contributed by atoms with E-state index in [2.05, 4.69) is 60.0 Å². The fraction of sp³-hybridized carbons (Fsp3) is 0.733. The number of alkyl halides is 4. The Balaban J connectivity index is 0.000000127. The highest BCUT2D eigenvalue weighted by atomic mass is 79.9. The van der Waals surface area contributed by atoms with Crippen LogP contribution in [-0.4, -0.2) is 217 Å². The van der Waals surface area contributed by atoms with Crippen molar-refractivity contribution in [2.24, 2.45) is 71.0 Å².